The maximum Gasteiger partial charge on any atom is 0.170 e. The SMILES string of the molecule is CSCCCCCCNCc1ccc(/C(N)=N/O)cc1Cl. The second-order valence-corrected chi connectivity index (χ2v) is 6.27. The van der Waals surface area contributed by atoms with Gasteiger partial charge in [-0.05, 0) is 43.0 Å². The average molecular weight is 330 g/mol. The minimum absolute atomic E-state index is 0.0710. The molecule has 1 aromatic carbocycles. The Balaban J connectivity index is 2.26. The van der Waals surface area contributed by atoms with Crippen molar-refractivity contribution in [3.05, 3.63) is 34.3 Å². The number of amidine groups is 1. The lowest BCUT2D eigenvalue weighted by molar-refractivity contribution is 0.318. The number of thioether (sulfide) groups is 1. The molecule has 0 bridgehead atoms. The zero-order valence-corrected chi connectivity index (χ0v) is 14.0. The number of oxime groups is 1. The molecular weight excluding hydrogens is 306 g/mol. The molecule has 21 heavy (non-hydrogen) atoms. The number of benzene rings is 1. The van der Waals surface area contributed by atoms with Gasteiger partial charge in [-0.15, -0.1) is 0 Å². The van der Waals surface area contributed by atoms with Crippen LogP contribution in [0, 0.1) is 0 Å². The first kappa shape index (κ1) is 18.1. The van der Waals surface area contributed by atoms with E-state index in [4.69, 9.17) is 22.5 Å². The molecule has 0 saturated heterocycles. The Morgan fingerprint density at radius 3 is 2.76 bits per heavy atom. The van der Waals surface area contributed by atoms with Gasteiger partial charge in [0.15, 0.2) is 5.84 Å². The van der Waals surface area contributed by atoms with Gasteiger partial charge in [0.25, 0.3) is 0 Å². The second-order valence-electron chi connectivity index (χ2n) is 4.88. The van der Waals surface area contributed by atoms with Gasteiger partial charge in [0.05, 0.1) is 0 Å². The smallest absolute Gasteiger partial charge is 0.170 e. The molecule has 0 aliphatic rings. The van der Waals surface area contributed by atoms with E-state index in [1.807, 2.05) is 17.8 Å². The molecule has 1 rings (SSSR count). The molecule has 1 aromatic rings. The van der Waals surface area contributed by atoms with Gasteiger partial charge in [-0.2, -0.15) is 11.8 Å². The highest BCUT2D eigenvalue weighted by atomic mass is 35.5. The van der Waals surface area contributed by atoms with Crippen molar-refractivity contribution >= 4 is 29.2 Å². The molecule has 0 unspecified atom stereocenters. The number of nitrogens with zero attached hydrogens (tertiary/aromatic N) is 1. The summed E-state index contributed by atoms with van der Waals surface area (Å²) in [5.41, 5.74) is 7.17. The van der Waals surface area contributed by atoms with Gasteiger partial charge in [-0.1, -0.05) is 41.7 Å². The van der Waals surface area contributed by atoms with Gasteiger partial charge >= 0.3 is 0 Å². The first-order valence-corrected chi connectivity index (χ1v) is 8.92. The van der Waals surface area contributed by atoms with Crippen LogP contribution in [0.1, 0.15) is 36.8 Å². The van der Waals surface area contributed by atoms with Crippen LogP contribution in [0.15, 0.2) is 23.4 Å². The zero-order chi connectivity index (χ0) is 15.5. The molecule has 4 nitrogen and oxygen atoms in total. The summed E-state index contributed by atoms with van der Waals surface area (Å²) in [6.45, 7) is 1.73. The summed E-state index contributed by atoms with van der Waals surface area (Å²) in [6.07, 6.45) is 7.22. The fourth-order valence-corrected chi connectivity index (χ4v) is 2.72. The molecule has 0 atom stereocenters. The summed E-state index contributed by atoms with van der Waals surface area (Å²) >= 11 is 8.10. The molecule has 0 spiro atoms. The zero-order valence-electron chi connectivity index (χ0n) is 12.4. The Morgan fingerprint density at radius 1 is 1.33 bits per heavy atom. The van der Waals surface area contributed by atoms with E-state index in [0.29, 0.717) is 10.6 Å². The number of hydrogen-bond acceptors (Lipinski definition) is 4. The maximum absolute atomic E-state index is 8.63. The topological polar surface area (TPSA) is 70.6 Å². The first-order valence-electron chi connectivity index (χ1n) is 7.15. The van der Waals surface area contributed by atoms with E-state index in [9.17, 15) is 0 Å². The van der Waals surface area contributed by atoms with Crippen molar-refractivity contribution in [2.45, 2.75) is 32.2 Å². The molecule has 0 radical (unpaired) electrons. The molecule has 0 heterocycles. The molecule has 0 aromatic heterocycles. The molecule has 0 saturated carbocycles. The van der Waals surface area contributed by atoms with Gasteiger partial charge in [0, 0.05) is 17.1 Å². The Morgan fingerprint density at radius 2 is 2.10 bits per heavy atom. The number of nitrogens with two attached hydrogens (primary N) is 1. The van der Waals surface area contributed by atoms with Crippen LogP contribution in [0.4, 0.5) is 0 Å². The van der Waals surface area contributed by atoms with E-state index in [1.54, 1.807) is 12.1 Å². The molecule has 6 heteroatoms. The third-order valence-corrected chi connectivity index (χ3v) is 4.27. The highest BCUT2D eigenvalue weighted by Crippen LogP contribution is 2.17. The van der Waals surface area contributed by atoms with Crippen LogP contribution in [0.25, 0.3) is 0 Å². The number of halogens is 1. The number of nitrogens with one attached hydrogen (secondary N) is 1. The van der Waals surface area contributed by atoms with E-state index in [1.165, 1.54) is 31.4 Å². The minimum atomic E-state index is 0.0710. The van der Waals surface area contributed by atoms with Gasteiger partial charge in [-0.25, -0.2) is 0 Å². The van der Waals surface area contributed by atoms with E-state index in [-0.39, 0.29) is 5.84 Å². The quantitative estimate of drug-likeness (QED) is 0.202. The van der Waals surface area contributed by atoms with Crippen LogP contribution < -0.4 is 11.1 Å². The Hall–Kier alpha value is -0.910. The predicted molar refractivity (Wildman–Crippen MR) is 92.5 cm³/mol. The average Bonchev–Trinajstić information content (AvgIpc) is 2.50. The minimum Gasteiger partial charge on any atom is -0.409 e. The highest BCUT2D eigenvalue weighted by Gasteiger charge is 2.04. The monoisotopic (exact) mass is 329 g/mol. The summed E-state index contributed by atoms with van der Waals surface area (Å²) in [6, 6.07) is 5.43. The molecule has 0 fully saturated rings. The standard InChI is InChI=1S/C15H24ClN3OS/c1-21-9-5-3-2-4-8-18-11-13-7-6-12(10-14(13)16)15(17)19-20/h6-7,10,18,20H,2-5,8-9,11H2,1H3,(H2,17,19). The number of rotatable bonds is 10. The number of hydrogen-bond donors (Lipinski definition) is 3. The fourth-order valence-electron chi connectivity index (χ4n) is 1.98. The lowest BCUT2D eigenvalue weighted by Gasteiger charge is -2.08. The summed E-state index contributed by atoms with van der Waals surface area (Å²) in [4.78, 5) is 0. The van der Waals surface area contributed by atoms with Crippen LogP contribution >= 0.6 is 23.4 Å². The van der Waals surface area contributed by atoms with Crippen LogP contribution in [0.2, 0.25) is 5.02 Å². The van der Waals surface area contributed by atoms with Gasteiger partial charge in [0.2, 0.25) is 0 Å². The molecule has 4 N–H and O–H groups in total. The Labute approximate surface area is 136 Å². The summed E-state index contributed by atoms with van der Waals surface area (Å²) < 4.78 is 0. The molecular formula is C15H24ClN3OS. The van der Waals surface area contributed by atoms with E-state index < -0.39 is 0 Å². The van der Waals surface area contributed by atoms with Crippen molar-refractivity contribution in [1.82, 2.24) is 5.32 Å². The van der Waals surface area contributed by atoms with Crippen molar-refractivity contribution in [2.75, 3.05) is 18.6 Å². The largest absolute Gasteiger partial charge is 0.409 e. The van der Waals surface area contributed by atoms with Gasteiger partial charge in [-0.3, -0.25) is 0 Å². The van der Waals surface area contributed by atoms with E-state index >= 15 is 0 Å². The Kier molecular flexibility index (Phi) is 9.30. The normalized spacial score (nSPS) is 11.8. The predicted octanol–water partition coefficient (Wildman–Crippen LogP) is 3.45. The van der Waals surface area contributed by atoms with Crippen LogP contribution in [-0.4, -0.2) is 29.6 Å². The van der Waals surface area contributed by atoms with Crippen molar-refractivity contribution in [2.24, 2.45) is 10.9 Å². The summed E-state index contributed by atoms with van der Waals surface area (Å²) in [5.74, 6) is 1.33. The van der Waals surface area contributed by atoms with E-state index in [0.717, 1.165) is 18.7 Å². The summed E-state index contributed by atoms with van der Waals surface area (Å²) in [5, 5.41) is 15.6. The van der Waals surface area contributed by atoms with Gasteiger partial charge < -0.3 is 16.3 Å². The van der Waals surface area contributed by atoms with E-state index in [2.05, 4.69) is 16.7 Å². The lowest BCUT2D eigenvalue weighted by atomic mass is 10.1. The van der Waals surface area contributed by atoms with Gasteiger partial charge in [0.1, 0.15) is 0 Å². The van der Waals surface area contributed by atoms with Crippen LogP contribution in [0.3, 0.4) is 0 Å². The lowest BCUT2D eigenvalue weighted by Crippen LogP contribution is -2.16. The highest BCUT2D eigenvalue weighted by molar-refractivity contribution is 7.98. The van der Waals surface area contributed by atoms with Crippen LogP contribution in [-0.2, 0) is 6.54 Å². The Bertz CT molecular complexity index is 455. The van der Waals surface area contributed by atoms with Crippen molar-refractivity contribution in [1.29, 1.82) is 0 Å². The molecule has 0 aliphatic carbocycles. The number of unbranched alkanes of at least 4 members (excludes halogenated alkanes) is 3. The molecule has 0 amide bonds. The third-order valence-electron chi connectivity index (χ3n) is 3.22. The second kappa shape index (κ2) is 10.8. The van der Waals surface area contributed by atoms with Crippen molar-refractivity contribution in [3.8, 4) is 0 Å². The van der Waals surface area contributed by atoms with Crippen molar-refractivity contribution < 1.29 is 5.21 Å². The molecule has 118 valence electrons. The molecule has 0 aliphatic heterocycles. The third kappa shape index (κ3) is 7.07. The van der Waals surface area contributed by atoms with Crippen molar-refractivity contribution in [3.63, 3.8) is 0 Å². The summed E-state index contributed by atoms with van der Waals surface area (Å²) in [7, 11) is 0. The van der Waals surface area contributed by atoms with Crippen LogP contribution in [0.5, 0.6) is 0 Å². The maximum atomic E-state index is 8.63. The fraction of sp³-hybridized carbons (Fsp3) is 0.533. The first-order chi connectivity index (χ1) is 10.2.